The molecule has 32 heavy (non-hydrogen) atoms. The summed E-state index contributed by atoms with van der Waals surface area (Å²) in [5.41, 5.74) is 17.0. The van der Waals surface area contributed by atoms with Gasteiger partial charge in [-0.1, -0.05) is 0 Å². The van der Waals surface area contributed by atoms with Crippen LogP contribution in [0.2, 0.25) is 0 Å². The summed E-state index contributed by atoms with van der Waals surface area (Å²) in [5, 5.41) is 5.58. The predicted octanol–water partition coefficient (Wildman–Crippen LogP) is -1.24. The Kier molecular flexibility index (Phi) is 6.58. The first-order valence-corrected chi connectivity index (χ1v) is 9.47. The van der Waals surface area contributed by atoms with Crippen molar-refractivity contribution in [1.82, 2.24) is 25.3 Å². The normalized spacial score (nSPS) is 11.6. The summed E-state index contributed by atoms with van der Waals surface area (Å²) >= 11 is 0. The minimum absolute atomic E-state index is 0.0216. The van der Waals surface area contributed by atoms with Gasteiger partial charge in [0.05, 0.1) is 18.4 Å². The number of carbonyl (C=O) groups is 3. The predicted molar refractivity (Wildman–Crippen MR) is 115 cm³/mol. The topological polar surface area (TPSA) is 225 Å². The average molecular weight is 439 g/mol. The lowest BCUT2D eigenvalue weighted by molar-refractivity contribution is -0.120. The van der Waals surface area contributed by atoms with E-state index < -0.39 is 29.3 Å². The summed E-state index contributed by atoms with van der Waals surface area (Å²) in [7, 11) is 0. The van der Waals surface area contributed by atoms with Gasteiger partial charge in [0.1, 0.15) is 6.04 Å². The van der Waals surface area contributed by atoms with E-state index in [0.717, 1.165) is 0 Å². The van der Waals surface area contributed by atoms with Crippen LogP contribution < -0.4 is 33.4 Å². The molecule has 2 aromatic heterocycles. The van der Waals surface area contributed by atoms with Crippen LogP contribution in [0.15, 0.2) is 35.3 Å². The Morgan fingerprint density at radius 2 is 1.81 bits per heavy atom. The van der Waals surface area contributed by atoms with Crippen molar-refractivity contribution in [3.63, 3.8) is 0 Å². The van der Waals surface area contributed by atoms with E-state index in [4.69, 9.17) is 17.2 Å². The second-order valence-corrected chi connectivity index (χ2v) is 6.85. The molecule has 0 saturated heterocycles. The summed E-state index contributed by atoms with van der Waals surface area (Å²) in [6, 6.07) is 5.40. The number of carbonyl (C=O) groups excluding carboxylic acids is 3. The van der Waals surface area contributed by atoms with E-state index in [1.54, 1.807) is 24.3 Å². The molecule has 0 aliphatic carbocycles. The molecule has 9 N–H and O–H groups in total. The number of fused-ring (bicyclic) bond motifs is 1. The van der Waals surface area contributed by atoms with E-state index >= 15 is 0 Å². The van der Waals surface area contributed by atoms with Gasteiger partial charge < -0.3 is 27.8 Å². The molecule has 0 saturated carbocycles. The van der Waals surface area contributed by atoms with Gasteiger partial charge in [-0.3, -0.25) is 24.2 Å². The van der Waals surface area contributed by atoms with E-state index in [2.05, 4.69) is 30.6 Å². The second kappa shape index (κ2) is 9.51. The average Bonchev–Trinajstić information content (AvgIpc) is 2.75. The van der Waals surface area contributed by atoms with Gasteiger partial charge in [-0.05, 0) is 30.7 Å². The lowest BCUT2D eigenvalue weighted by Crippen LogP contribution is -2.44. The number of hydrogen-bond acceptors (Lipinski definition) is 9. The summed E-state index contributed by atoms with van der Waals surface area (Å²) in [6.07, 6.45) is 1.41. The molecule has 0 unspecified atom stereocenters. The number of amides is 3. The quantitative estimate of drug-likeness (QED) is 0.234. The molecule has 1 atom stereocenters. The number of rotatable bonds is 9. The molecule has 0 bridgehead atoms. The Hall–Kier alpha value is -4.55. The fourth-order valence-corrected chi connectivity index (χ4v) is 2.80. The molecule has 0 radical (unpaired) electrons. The van der Waals surface area contributed by atoms with Gasteiger partial charge in [0.15, 0.2) is 11.2 Å². The highest BCUT2D eigenvalue weighted by Crippen LogP contribution is 2.12. The largest absolute Gasteiger partial charge is 0.379 e. The molecule has 3 rings (SSSR count). The fourth-order valence-electron chi connectivity index (χ4n) is 2.80. The molecule has 3 amide bonds. The van der Waals surface area contributed by atoms with Crippen LogP contribution in [0.1, 0.15) is 28.9 Å². The van der Waals surface area contributed by atoms with Gasteiger partial charge in [0.2, 0.25) is 17.8 Å². The zero-order valence-corrected chi connectivity index (χ0v) is 16.8. The first kappa shape index (κ1) is 22.1. The number of aromatic nitrogens is 4. The smallest absolute Gasteiger partial charge is 0.280 e. The van der Waals surface area contributed by atoms with Gasteiger partial charge >= 0.3 is 0 Å². The molecule has 0 aliphatic rings. The van der Waals surface area contributed by atoms with Crippen molar-refractivity contribution in [2.24, 2.45) is 11.5 Å². The van der Waals surface area contributed by atoms with Crippen LogP contribution in [0.25, 0.3) is 11.2 Å². The maximum atomic E-state index is 12.4. The highest BCUT2D eigenvalue weighted by atomic mass is 16.2. The number of benzene rings is 1. The SMILES string of the molecule is NC(=O)CC[C@H](NC(=O)c1ccc(NCc2cnc3nc(N)[nH]c(=O)c3n2)cc1)C(N)=O. The standard InChI is InChI=1S/C19H21N9O4/c20-13(29)6-5-12(15(21)30)26-17(31)9-1-3-10(4-2-9)23-7-11-8-24-16-14(25-11)18(32)28-19(22)27-16/h1-4,8,12,23H,5-7H2,(H2,20,29)(H2,21,30)(H,26,31)(H3,22,24,27,28,32)/t12-/m0/s1. The molecule has 0 spiro atoms. The number of nitrogens with zero attached hydrogens (tertiary/aromatic N) is 3. The minimum Gasteiger partial charge on any atom is -0.379 e. The first-order chi connectivity index (χ1) is 15.2. The van der Waals surface area contributed by atoms with E-state index in [-0.39, 0.29) is 36.5 Å². The van der Waals surface area contributed by atoms with Crippen molar-refractivity contribution < 1.29 is 14.4 Å². The fraction of sp³-hybridized carbons (Fsp3) is 0.211. The molecule has 1 aromatic carbocycles. The number of nitrogen functional groups attached to an aromatic ring is 1. The van der Waals surface area contributed by atoms with Crippen molar-refractivity contribution in [2.45, 2.75) is 25.4 Å². The molecule has 0 aliphatic heterocycles. The third kappa shape index (κ3) is 5.53. The number of nitrogens with one attached hydrogen (secondary N) is 3. The van der Waals surface area contributed by atoms with Crippen LogP contribution in [0.3, 0.4) is 0 Å². The van der Waals surface area contributed by atoms with Gasteiger partial charge in [-0.25, -0.2) is 9.97 Å². The van der Waals surface area contributed by atoms with Crippen molar-refractivity contribution in [2.75, 3.05) is 11.1 Å². The summed E-state index contributed by atoms with van der Waals surface area (Å²) < 4.78 is 0. The number of aromatic amines is 1. The van der Waals surface area contributed by atoms with Crippen LogP contribution in [0.4, 0.5) is 11.6 Å². The van der Waals surface area contributed by atoms with E-state index in [1.807, 2.05) is 0 Å². The Morgan fingerprint density at radius 1 is 1.09 bits per heavy atom. The molecular weight excluding hydrogens is 418 g/mol. The van der Waals surface area contributed by atoms with Gasteiger partial charge in [0.25, 0.3) is 11.5 Å². The summed E-state index contributed by atoms with van der Waals surface area (Å²) in [5.74, 6) is -1.91. The van der Waals surface area contributed by atoms with Crippen LogP contribution in [-0.4, -0.2) is 43.7 Å². The monoisotopic (exact) mass is 439 g/mol. The van der Waals surface area contributed by atoms with Crippen LogP contribution in [-0.2, 0) is 16.1 Å². The van der Waals surface area contributed by atoms with E-state index in [1.165, 1.54) is 6.20 Å². The highest BCUT2D eigenvalue weighted by molar-refractivity contribution is 5.97. The number of hydrogen-bond donors (Lipinski definition) is 6. The second-order valence-electron chi connectivity index (χ2n) is 6.85. The van der Waals surface area contributed by atoms with Gasteiger partial charge in [-0.15, -0.1) is 0 Å². The Morgan fingerprint density at radius 3 is 2.47 bits per heavy atom. The van der Waals surface area contributed by atoms with Crippen molar-refractivity contribution in [3.8, 4) is 0 Å². The van der Waals surface area contributed by atoms with Crippen molar-refractivity contribution in [3.05, 3.63) is 52.1 Å². The van der Waals surface area contributed by atoms with Crippen LogP contribution in [0, 0.1) is 0 Å². The molecule has 13 nitrogen and oxygen atoms in total. The third-order valence-electron chi connectivity index (χ3n) is 4.44. The van der Waals surface area contributed by atoms with E-state index in [9.17, 15) is 19.2 Å². The van der Waals surface area contributed by atoms with Crippen LogP contribution >= 0.6 is 0 Å². The zero-order chi connectivity index (χ0) is 23.3. The highest BCUT2D eigenvalue weighted by Gasteiger charge is 2.19. The first-order valence-electron chi connectivity index (χ1n) is 9.47. The Balaban J connectivity index is 1.62. The van der Waals surface area contributed by atoms with Crippen molar-refractivity contribution >= 4 is 40.5 Å². The lowest BCUT2D eigenvalue weighted by Gasteiger charge is -2.15. The lowest BCUT2D eigenvalue weighted by atomic mass is 10.1. The molecule has 3 aromatic rings. The van der Waals surface area contributed by atoms with E-state index in [0.29, 0.717) is 16.9 Å². The molecule has 166 valence electrons. The van der Waals surface area contributed by atoms with Crippen molar-refractivity contribution in [1.29, 1.82) is 0 Å². The molecule has 2 heterocycles. The molecule has 0 fully saturated rings. The maximum Gasteiger partial charge on any atom is 0.280 e. The third-order valence-corrected chi connectivity index (χ3v) is 4.44. The zero-order valence-electron chi connectivity index (χ0n) is 16.8. The summed E-state index contributed by atoms with van der Waals surface area (Å²) in [4.78, 5) is 61.2. The van der Waals surface area contributed by atoms with Crippen LogP contribution in [0.5, 0.6) is 0 Å². The molecular formula is C19H21N9O4. The van der Waals surface area contributed by atoms with Gasteiger partial charge in [0, 0.05) is 17.7 Å². The number of H-pyrrole nitrogens is 1. The Bertz CT molecular complexity index is 1220. The maximum absolute atomic E-state index is 12.4. The summed E-state index contributed by atoms with van der Waals surface area (Å²) in [6.45, 7) is 0.259. The number of nitrogens with two attached hydrogens (primary N) is 3. The minimum atomic E-state index is -1.01. The number of primary amides is 2. The number of anilines is 2. The molecule has 13 heteroatoms. The van der Waals surface area contributed by atoms with Gasteiger partial charge in [-0.2, -0.15) is 4.98 Å². The Labute approximate surface area is 180 Å².